The van der Waals surface area contributed by atoms with Crippen LogP contribution in [0.15, 0.2) is 109 Å². The quantitative estimate of drug-likeness (QED) is 0.0867. The molecule has 3 N–H and O–H groups in total. The molecule has 1 fully saturated rings. The molecule has 6 nitrogen and oxygen atoms in total. The molecule has 268 valence electrons. The number of aryl methyl sites for hydroxylation is 1. The third kappa shape index (κ3) is 11.7. The number of unbranched alkanes of at least 4 members (excludes halogenated alkanes) is 1. The first kappa shape index (κ1) is 37.6. The molecular weight excluding hydrogens is 620 g/mol. The maximum Gasteiger partial charge on any atom is 0.119 e. The summed E-state index contributed by atoms with van der Waals surface area (Å²) in [4.78, 5) is 2.44. The Morgan fingerprint density at radius 3 is 1.70 bits per heavy atom. The molecule has 5 rings (SSSR count). The van der Waals surface area contributed by atoms with Gasteiger partial charge in [0.15, 0.2) is 0 Å². The smallest absolute Gasteiger partial charge is 0.119 e. The molecule has 0 saturated carbocycles. The van der Waals surface area contributed by atoms with Crippen molar-refractivity contribution >= 4 is 0 Å². The van der Waals surface area contributed by atoms with Gasteiger partial charge in [-0.25, -0.2) is 0 Å². The van der Waals surface area contributed by atoms with Gasteiger partial charge in [-0.1, -0.05) is 84.9 Å². The summed E-state index contributed by atoms with van der Waals surface area (Å²) in [6.45, 7) is 9.62. The van der Waals surface area contributed by atoms with Crippen molar-refractivity contribution in [3.8, 4) is 11.5 Å². The Morgan fingerprint density at radius 2 is 1.16 bits per heavy atom. The number of aliphatic hydroxyl groups excluding tert-OH is 2. The second-order valence-electron chi connectivity index (χ2n) is 14.2. The van der Waals surface area contributed by atoms with Gasteiger partial charge in [-0.05, 0) is 131 Å². The van der Waals surface area contributed by atoms with Crippen LogP contribution in [0.3, 0.4) is 0 Å². The third-order valence-corrected chi connectivity index (χ3v) is 10.3. The fourth-order valence-corrected chi connectivity index (χ4v) is 7.04. The summed E-state index contributed by atoms with van der Waals surface area (Å²) in [5, 5.41) is 25.6. The lowest BCUT2D eigenvalue weighted by Gasteiger charge is -2.38. The van der Waals surface area contributed by atoms with Gasteiger partial charge in [0.2, 0.25) is 0 Å². The van der Waals surface area contributed by atoms with Gasteiger partial charge >= 0.3 is 0 Å². The lowest BCUT2D eigenvalue weighted by atomic mass is 9.89. The second kappa shape index (κ2) is 19.6. The van der Waals surface area contributed by atoms with Crippen LogP contribution in [0.5, 0.6) is 11.5 Å². The first-order valence-electron chi connectivity index (χ1n) is 18.8. The molecule has 1 saturated heterocycles. The maximum atomic E-state index is 11.1. The van der Waals surface area contributed by atoms with Crippen molar-refractivity contribution in [2.75, 3.05) is 26.3 Å². The fourth-order valence-electron chi connectivity index (χ4n) is 7.04. The average Bonchev–Trinajstić information content (AvgIpc) is 3.16. The van der Waals surface area contributed by atoms with Gasteiger partial charge in [0.05, 0.1) is 25.4 Å². The predicted molar refractivity (Wildman–Crippen MR) is 204 cm³/mol. The van der Waals surface area contributed by atoms with Crippen molar-refractivity contribution in [2.24, 2.45) is 5.92 Å². The van der Waals surface area contributed by atoms with E-state index in [0.717, 1.165) is 73.7 Å². The zero-order chi connectivity index (χ0) is 35.1. The molecule has 6 heteroatoms. The minimum absolute atomic E-state index is 0.0593. The van der Waals surface area contributed by atoms with Crippen LogP contribution in [-0.4, -0.2) is 59.5 Å². The number of aliphatic hydroxyl groups is 2. The largest absolute Gasteiger partial charge is 0.494 e. The van der Waals surface area contributed by atoms with Crippen molar-refractivity contribution in [2.45, 2.75) is 96.1 Å². The molecule has 1 heterocycles. The van der Waals surface area contributed by atoms with Crippen molar-refractivity contribution in [1.82, 2.24) is 10.2 Å². The lowest BCUT2D eigenvalue weighted by molar-refractivity contribution is 0.0373. The Hall–Kier alpha value is -3.68. The molecule has 0 amide bonds. The fraction of sp³-hybridized carbons (Fsp3) is 0.455. The summed E-state index contributed by atoms with van der Waals surface area (Å²) < 4.78 is 11.9. The minimum atomic E-state index is -0.589. The number of likely N-dealkylation sites (tertiary alicyclic amines) is 1. The summed E-state index contributed by atoms with van der Waals surface area (Å²) in [5.74, 6) is 2.34. The molecule has 50 heavy (non-hydrogen) atoms. The van der Waals surface area contributed by atoms with Crippen LogP contribution in [0.1, 0.15) is 87.3 Å². The number of hydrogen-bond donors (Lipinski definition) is 3. The number of benzene rings is 4. The molecule has 0 spiro atoms. The van der Waals surface area contributed by atoms with E-state index in [1.54, 1.807) is 0 Å². The molecule has 5 atom stereocenters. The van der Waals surface area contributed by atoms with E-state index in [4.69, 9.17) is 9.47 Å². The van der Waals surface area contributed by atoms with Crippen LogP contribution in [0.4, 0.5) is 0 Å². The molecule has 0 unspecified atom stereocenters. The molecule has 1 aliphatic heterocycles. The summed E-state index contributed by atoms with van der Waals surface area (Å²) in [6, 6.07) is 37.3. The SMILES string of the molecule is C[C@H](CCc1ccccc1)N[C@@H](C)[C@H](O)c1ccc(OCCCCOc2ccc([C@H](O)[C@@H](C)N3CCC(Cc4ccccc4)CC3)cc2)cc1. The highest BCUT2D eigenvalue weighted by Crippen LogP contribution is 2.29. The normalized spacial score (nSPS) is 17.1. The summed E-state index contributed by atoms with van der Waals surface area (Å²) >= 11 is 0. The van der Waals surface area contributed by atoms with Gasteiger partial charge in [0.1, 0.15) is 11.5 Å². The lowest BCUT2D eigenvalue weighted by Crippen LogP contribution is -2.43. The Bertz CT molecular complexity index is 1490. The standard InChI is InChI=1S/C44H58N2O4/c1-33(16-17-36-12-6-4-7-13-36)45-34(2)43(47)39-18-22-41(23-19-39)49-30-10-11-31-50-42-24-20-40(21-25-42)44(48)35(3)46-28-26-38(27-29-46)32-37-14-8-5-9-15-37/h4-9,12-15,18-25,33-35,38,43-45,47-48H,10-11,16-17,26-32H2,1-3H3/t33-,34+,35-,43+,44-/m1/s1. The number of rotatable bonds is 19. The van der Waals surface area contributed by atoms with Crippen LogP contribution < -0.4 is 14.8 Å². The van der Waals surface area contributed by atoms with E-state index < -0.39 is 12.2 Å². The topological polar surface area (TPSA) is 74.2 Å². The number of nitrogens with one attached hydrogen (secondary N) is 1. The molecule has 0 aliphatic carbocycles. The predicted octanol–water partition coefficient (Wildman–Crippen LogP) is 8.33. The monoisotopic (exact) mass is 678 g/mol. The Morgan fingerprint density at radius 1 is 0.660 bits per heavy atom. The van der Waals surface area contributed by atoms with Gasteiger partial charge in [0, 0.05) is 18.1 Å². The van der Waals surface area contributed by atoms with E-state index in [1.807, 2.05) is 61.5 Å². The van der Waals surface area contributed by atoms with E-state index in [1.165, 1.54) is 24.0 Å². The zero-order valence-electron chi connectivity index (χ0n) is 30.3. The number of hydrogen-bond acceptors (Lipinski definition) is 6. The average molecular weight is 679 g/mol. The molecule has 0 bridgehead atoms. The second-order valence-corrected chi connectivity index (χ2v) is 14.2. The summed E-state index contributed by atoms with van der Waals surface area (Å²) in [6.07, 6.45) is 6.17. The van der Waals surface area contributed by atoms with Crippen LogP contribution >= 0.6 is 0 Å². The Kier molecular flexibility index (Phi) is 14.8. The van der Waals surface area contributed by atoms with Crippen molar-refractivity contribution in [3.05, 3.63) is 131 Å². The third-order valence-electron chi connectivity index (χ3n) is 10.3. The highest BCUT2D eigenvalue weighted by atomic mass is 16.5. The maximum absolute atomic E-state index is 11.1. The van der Waals surface area contributed by atoms with Crippen molar-refractivity contribution in [1.29, 1.82) is 0 Å². The van der Waals surface area contributed by atoms with Crippen LogP contribution in [0, 0.1) is 5.92 Å². The molecular formula is C44H58N2O4. The van der Waals surface area contributed by atoms with E-state index in [0.29, 0.717) is 19.3 Å². The van der Waals surface area contributed by atoms with Gasteiger partial charge < -0.3 is 25.0 Å². The molecule has 4 aromatic carbocycles. The van der Waals surface area contributed by atoms with Crippen LogP contribution in [0.25, 0.3) is 0 Å². The molecule has 0 aromatic heterocycles. The van der Waals surface area contributed by atoms with Crippen LogP contribution in [-0.2, 0) is 12.8 Å². The van der Waals surface area contributed by atoms with Gasteiger partial charge in [-0.3, -0.25) is 4.90 Å². The number of piperidine rings is 1. The van der Waals surface area contributed by atoms with E-state index >= 15 is 0 Å². The number of nitrogens with zero attached hydrogens (tertiary/aromatic N) is 1. The van der Waals surface area contributed by atoms with Gasteiger partial charge in [-0.2, -0.15) is 0 Å². The first-order valence-corrected chi connectivity index (χ1v) is 18.8. The number of ether oxygens (including phenoxy) is 2. The minimum Gasteiger partial charge on any atom is -0.494 e. The van der Waals surface area contributed by atoms with Crippen LogP contribution in [0.2, 0.25) is 0 Å². The highest BCUT2D eigenvalue weighted by Gasteiger charge is 2.27. The molecule has 4 aromatic rings. The van der Waals surface area contributed by atoms with E-state index in [-0.39, 0.29) is 12.1 Å². The van der Waals surface area contributed by atoms with Gasteiger partial charge in [-0.15, -0.1) is 0 Å². The van der Waals surface area contributed by atoms with E-state index in [2.05, 4.69) is 78.7 Å². The Labute approximate surface area is 300 Å². The highest BCUT2D eigenvalue weighted by molar-refractivity contribution is 5.30. The zero-order valence-corrected chi connectivity index (χ0v) is 30.3. The van der Waals surface area contributed by atoms with Crippen molar-refractivity contribution < 1.29 is 19.7 Å². The van der Waals surface area contributed by atoms with E-state index in [9.17, 15) is 10.2 Å². The van der Waals surface area contributed by atoms with Gasteiger partial charge in [0.25, 0.3) is 0 Å². The summed E-state index contributed by atoms with van der Waals surface area (Å²) in [7, 11) is 0. The van der Waals surface area contributed by atoms with Crippen molar-refractivity contribution in [3.63, 3.8) is 0 Å². The summed E-state index contributed by atoms with van der Waals surface area (Å²) in [5.41, 5.74) is 4.58. The molecule has 0 radical (unpaired) electrons. The Balaban J connectivity index is 0.938. The molecule has 1 aliphatic rings. The first-order chi connectivity index (χ1) is 24.4.